The van der Waals surface area contributed by atoms with Gasteiger partial charge in [-0.1, -0.05) is 83.3 Å². The topological polar surface area (TPSA) is 46.5 Å². The molecule has 1 rings (SSSR count). The monoisotopic (exact) mass is 348 g/mol. The molecule has 1 aromatic rings. The summed E-state index contributed by atoms with van der Waals surface area (Å²) in [4.78, 5) is 11.9. The summed E-state index contributed by atoms with van der Waals surface area (Å²) in [5.41, 5.74) is 0.907. The Kier molecular flexibility index (Phi) is 11.8. The van der Waals surface area contributed by atoms with E-state index >= 15 is 0 Å². The Hall–Kier alpha value is -1.51. The second-order valence-electron chi connectivity index (χ2n) is 7.01. The molecule has 1 aromatic carbocycles. The minimum atomic E-state index is -0.263. The molecule has 0 aliphatic rings. The van der Waals surface area contributed by atoms with Crippen LogP contribution in [0.25, 0.3) is 0 Å². The van der Waals surface area contributed by atoms with E-state index in [0.29, 0.717) is 6.42 Å². The molecular weight excluding hydrogens is 312 g/mol. The van der Waals surface area contributed by atoms with Crippen molar-refractivity contribution < 1.29 is 14.6 Å². The first-order valence-electron chi connectivity index (χ1n) is 10.1. The Bertz CT molecular complexity index is 453. The van der Waals surface area contributed by atoms with Gasteiger partial charge in [0.15, 0.2) is 0 Å². The molecule has 0 radical (unpaired) electrons. The molecule has 0 fully saturated rings. The zero-order chi connectivity index (χ0) is 18.3. The molecule has 0 bridgehead atoms. The number of aromatic hydroxyl groups is 1. The summed E-state index contributed by atoms with van der Waals surface area (Å²) >= 11 is 0. The first kappa shape index (κ1) is 21.5. The van der Waals surface area contributed by atoms with Gasteiger partial charge in [-0.05, 0) is 31.0 Å². The predicted octanol–water partition coefficient (Wildman–Crippen LogP) is 6.70. The number of benzene rings is 1. The van der Waals surface area contributed by atoms with Gasteiger partial charge in [-0.25, -0.2) is 0 Å². The number of phenols is 1. The number of esters is 1. The molecule has 1 unspecified atom stereocenters. The molecule has 3 nitrogen and oxygen atoms in total. The lowest BCUT2D eigenvalue weighted by molar-refractivity contribution is -0.148. The van der Waals surface area contributed by atoms with E-state index in [1.807, 2.05) is 6.92 Å². The highest BCUT2D eigenvalue weighted by Crippen LogP contribution is 2.20. The van der Waals surface area contributed by atoms with Crippen molar-refractivity contribution in [1.29, 1.82) is 0 Å². The van der Waals surface area contributed by atoms with Gasteiger partial charge in [-0.15, -0.1) is 0 Å². The molecule has 0 spiro atoms. The van der Waals surface area contributed by atoms with Crippen molar-refractivity contribution in [2.24, 2.45) is 0 Å². The van der Waals surface area contributed by atoms with Gasteiger partial charge >= 0.3 is 5.97 Å². The normalized spacial score (nSPS) is 12.1. The average molecular weight is 349 g/mol. The maximum atomic E-state index is 11.9. The molecule has 1 atom stereocenters. The Morgan fingerprint density at radius 3 is 1.88 bits per heavy atom. The first-order chi connectivity index (χ1) is 12.1. The lowest BCUT2D eigenvalue weighted by Gasteiger charge is -2.13. The van der Waals surface area contributed by atoms with E-state index in [4.69, 9.17) is 4.74 Å². The van der Waals surface area contributed by atoms with Gasteiger partial charge < -0.3 is 9.84 Å². The molecule has 0 aliphatic carbocycles. The molecule has 0 aliphatic heterocycles. The predicted molar refractivity (Wildman–Crippen MR) is 104 cm³/mol. The number of hydrogen-bond donors (Lipinski definition) is 1. The van der Waals surface area contributed by atoms with Crippen LogP contribution in [0.4, 0.5) is 0 Å². The van der Waals surface area contributed by atoms with Crippen molar-refractivity contribution in [3.05, 3.63) is 29.8 Å². The van der Waals surface area contributed by atoms with Gasteiger partial charge in [0.2, 0.25) is 0 Å². The summed E-state index contributed by atoms with van der Waals surface area (Å²) in [6.45, 7) is 4.12. The van der Waals surface area contributed by atoms with Crippen molar-refractivity contribution in [2.45, 2.75) is 97.0 Å². The van der Waals surface area contributed by atoms with Crippen LogP contribution in [0.2, 0.25) is 0 Å². The number of unbranched alkanes of at least 4 members (excludes halogenated alkanes) is 10. The molecule has 3 heteroatoms. The fourth-order valence-corrected chi connectivity index (χ4v) is 3.00. The van der Waals surface area contributed by atoms with Crippen LogP contribution in [0.3, 0.4) is 0 Å². The average Bonchev–Trinajstić information content (AvgIpc) is 2.60. The highest BCUT2D eigenvalue weighted by Gasteiger charge is 2.11. The van der Waals surface area contributed by atoms with Crippen LogP contribution in [0, 0.1) is 0 Å². The van der Waals surface area contributed by atoms with Crippen LogP contribution in [0.5, 0.6) is 5.75 Å². The van der Waals surface area contributed by atoms with E-state index in [-0.39, 0.29) is 17.8 Å². The highest BCUT2D eigenvalue weighted by atomic mass is 16.5. The molecule has 0 saturated heterocycles. The lowest BCUT2D eigenvalue weighted by Crippen LogP contribution is -2.08. The molecule has 0 saturated carbocycles. The molecule has 0 heterocycles. The Morgan fingerprint density at radius 2 is 1.36 bits per heavy atom. The molecular formula is C22H36O3. The number of rotatable bonds is 14. The van der Waals surface area contributed by atoms with Crippen LogP contribution in [0.15, 0.2) is 24.3 Å². The van der Waals surface area contributed by atoms with Gasteiger partial charge in [0, 0.05) is 6.42 Å². The molecule has 1 N–H and O–H groups in total. The summed E-state index contributed by atoms with van der Waals surface area (Å²) in [6.07, 6.45) is 14.3. The fourth-order valence-electron chi connectivity index (χ4n) is 3.00. The van der Waals surface area contributed by atoms with E-state index in [1.54, 1.807) is 24.3 Å². The summed E-state index contributed by atoms with van der Waals surface area (Å²) in [5.74, 6) is 0.0970. The van der Waals surface area contributed by atoms with Gasteiger partial charge in [-0.3, -0.25) is 4.79 Å². The summed E-state index contributed by atoms with van der Waals surface area (Å²) in [7, 11) is 0. The van der Waals surface area contributed by atoms with Crippen LogP contribution >= 0.6 is 0 Å². The van der Waals surface area contributed by atoms with Gasteiger partial charge in [0.05, 0.1) is 0 Å². The number of phenolic OH excluding ortho intramolecular Hbond substituents is 1. The van der Waals surface area contributed by atoms with E-state index in [2.05, 4.69) is 6.92 Å². The smallest absolute Gasteiger partial charge is 0.306 e. The van der Waals surface area contributed by atoms with Crippen molar-refractivity contribution in [1.82, 2.24) is 0 Å². The largest absolute Gasteiger partial charge is 0.508 e. The number of ether oxygens (including phenoxy) is 1. The lowest BCUT2D eigenvalue weighted by atomic mass is 10.1. The fraction of sp³-hybridized carbons (Fsp3) is 0.682. The minimum Gasteiger partial charge on any atom is -0.508 e. The quantitative estimate of drug-likeness (QED) is 0.300. The van der Waals surface area contributed by atoms with E-state index in [1.165, 1.54) is 57.8 Å². The molecule has 25 heavy (non-hydrogen) atoms. The minimum absolute atomic E-state index is 0.128. The van der Waals surface area contributed by atoms with Crippen molar-refractivity contribution in [3.8, 4) is 5.75 Å². The van der Waals surface area contributed by atoms with Gasteiger partial charge in [0.25, 0.3) is 0 Å². The summed E-state index contributed by atoms with van der Waals surface area (Å²) in [5, 5.41) is 9.28. The number of carbonyl (C=O) groups is 1. The molecule has 142 valence electrons. The Labute approximate surface area is 153 Å². The summed E-state index contributed by atoms with van der Waals surface area (Å²) < 4.78 is 5.45. The van der Waals surface area contributed by atoms with E-state index < -0.39 is 0 Å². The van der Waals surface area contributed by atoms with Crippen LogP contribution in [-0.2, 0) is 9.53 Å². The maximum absolute atomic E-state index is 11.9. The zero-order valence-corrected chi connectivity index (χ0v) is 16.1. The SMILES string of the molecule is CCCCCCCCCCCCCC(=O)OC(C)c1ccc(O)cc1. The van der Waals surface area contributed by atoms with Crippen LogP contribution in [0.1, 0.15) is 103 Å². The van der Waals surface area contributed by atoms with Crippen LogP contribution in [-0.4, -0.2) is 11.1 Å². The Balaban J connectivity index is 1.97. The van der Waals surface area contributed by atoms with Crippen molar-refractivity contribution in [2.75, 3.05) is 0 Å². The molecule has 0 amide bonds. The van der Waals surface area contributed by atoms with Crippen molar-refractivity contribution >= 4 is 5.97 Å². The first-order valence-corrected chi connectivity index (χ1v) is 10.1. The highest BCUT2D eigenvalue weighted by molar-refractivity contribution is 5.69. The van der Waals surface area contributed by atoms with E-state index in [0.717, 1.165) is 18.4 Å². The third-order valence-corrected chi connectivity index (χ3v) is 4.66. The standard InChI is InChI=1S/C22H36O3/c1-3-4-5-6-7-8-9-10-11-12-13-14-22(24)25-19(2)20-15-17-21(23)18-16-20/h15-19,23H,3-14H2,1-2H3. The number of hydrogen-bond acceptors (Lipinski definition) is 3. The van der Waals surface area contributed by atoms with E-state index in [9.17, 15) is 9.90 Å². The number of carbonyl (C=O) groups excluding carboxylic acids is 1. The second kappa shape index (κ2) is 13.7. The van der Waals surface area contributed by atoms with Gasteiger partial charge in [0.1, 0.15) is 11.9 Å². The second-order valence-corrected chi connectivity index (χ2v) is 7.01. The zero-order valence-electron chi connectivity index (χ0n) is 16.1. The maximum Gasteiger partial charge on any atom is 0.306 e. The van der Waals surface area contributed by atoms with Crippen LogP contribution < -0.4 is 0 Å². The van der Waals surface area contributed by atoms with Crippen molar-refractivity contribution in [3.63, 3.8) is 0 Å². The third-order valence-electron chi connectivity index (χ3n) is 4.66. The summed E-state index contributed by atoms with van der Waals surface area (Å²) in [6, 6.07) is 6.80. The van der Waals surface area contributed by atoms with Gasteiger partial charge in [-0.2, -0.15) is 0 Å². The third kappa shape index (κ3) is 10.9. The molecule has 0 aromatic heterocycles. The Morgan fingerprint density at radius 1 is 0.880 bits per heavy atom.